The summed E-state index contributed by atoms with van der Waals surface area (Å²) in [6, 6.07) is 13.7. The Morgan fingerprint density at radius 1 is 1.17 bits per heavy atom. The lowest BCUT2D eigenvalue weighted by atomic mass is 10.1. The first-order chi connectivity index (χ1) is 14.4. The number of alkyl halides is 3. The van der Waals surface area contributed by atoms with E-state index < -0.39 is 11.7 Å². The lowest BCUT2D eigenvalue weighted by Gasteiger charge is -2.11. The van der Waals surface area contributed by atoms with E-state index in [4.69, 9.17) is 4.74 Å². The molecule has 0 aliphatic carbocycles. The Bertz CT molecular complexity index is 1040. The first-order valence-electron chi connectivity index (χ1n) is 9.15. The number of nitrogens with zero attached hydrogens (tertiary/aromatic N) is 1. The minimum absolute atomic E-state index is 0.0319. The van der Waals surface area contributed by atoms with Gasteiger partial charge in [-0.2, -0.15) is 18.3 Å². The Hall–Kier alpha value is -3.13. The molecule has 3 aromatic rings. The second-order valence-corrected chi connectivity index (χ2v) is 7.37. The summed E-state index contributed by atoms with van der Waals surface area (Å²) in [5.41, 5.74) is 3.27. The Balaban J connectivity index is 1.64. The van der Waals surface area contributed by atoms with Crippen molar-refractivity contribution in [1.29, 1.82) is 0 Å². The number of nitrogens with one attached hydrogen (secondary N) is 1. The topological polar surface area (TPSA) is 50.7 Å². The Labute approximate surface area is 176 Å². The first-order valence-corrected chi connectivity index (χ1v) is 10.0. The number of aryl methyl sites for hydroxylation is 1. The van der Waals surface area contributed by atoms with Crippen LogP contribution in [0.3, 0.4) is 0 Å². The normalized spacial score (nSPS) is 11.6. The van der Waals surface area contributed by atoms with Gasteiger partial charge in [-0.25, -0.2) is 5.43 Å². The van der Waals surface area contributed by atoms with Crippen molar-refractivity contribution in [2.24, 2.45) is 5.10 Å². The van der Waals surface area contributed by atoms with Gasteiger partial charge in [-0.3, -0.25) is 4.79 Å². The van der Waals surface area contributed by atoms with Crippen LogP contribution in [0.4, 0.5) is 13.2 Å². The van der Waals surface area contributed by atoms with Crippen LogP contribution in [-0.2, 0) is 19.2 Å². The summed E-state index contributed by atoms with van der Waals surface area (Å²) in [5, 5.41) is 5.74. The molecule has 156 valence electrons. The highest BCUT2D eigenvalue weighted by atomic mass is 32.1. The SMILES string of the molecule is CCc1cc(C(=O)N/N=C/c2ccccc2OCc2cccc(C(F)(F)F)c2)cs1. The van der Waals surface area contributed by atoms with Gasteiger partial charge < -0.3 is 4.74 Å². The summed E-state index contributed by atoms with van der Waals surface area (Å²) in [4.78, 5) is 13.2. The minimum atomic E-state index is -4.40. The molecular formula is C22H19F3N2O2S. The lowest BCUT2D eigenvalue weighted by Crippen LogP contribution is -2.16. The Morgan fingerprint density at radius 2 is 1.97 bits per heavy atom. The third kappa shape index (κ3) is 5.70. The predicted molar refractivity (Wildman–Crippen MR) is 111 cm³/mol. The van der Waals surface area contributed by atoms with Crippen LogP contribution < -0.4 is 10.2 Å². The molecule has 0 saturated carbocycles. The molecule has 0 aliphatic heterocycles. The molecule has 1 N–H and O–H groups in total. The number of hydrogen-bond donors (Lipinski definition) is 1. The minimum Gasteiger partial charge on any atom is -0.488 e. The number of carbonyl (C=O) groups is 1. The first kappa shape index (κ1) is 21.6. The van der Waals surface area contributed by atoms with Gasteiger partial charge in [0.15, 0.2) is 0 Å². The van der Waals surface area contributed by atoms with Crippen LogP contribution in [0.15, 0.2) is 65.1 Å². The smallest absolute Gasteiger partial charge is 0.416 e. The van der Waals surface area contributed by atoms with E-state index in [0.29, 0.717) is 22.4 Å². The van der Waals surface area contributed by atoms with Crippen LogP contribution >= 0.6 is 11.3 Å². The van der Waals surface area contributed by atoms with Crippen molar-refractivity contribution in [3.63, 3.8) is 0 Å². The number of carbonyl (C=O) groups excluding carboxylic acids is 1. The summed E-state index contributed by atoms with van der Waals surface area (Å²) in [5.74, 6) is 0.126. The summed E-state index contributed by atoms with van der Waals surface area (Å²) in [6.07, 6.45) is -2.11. The van der Waals surface area contributed by atoms with Crippen molar-refractivity contribution in [3.8, 4) is 5.75 Å². The van der Waals surface area contributed by atoms with E-state index in [2.05, 4.69) is 10.5 Å². The van der Waals surface area contributed by atoms with Crippen molar-refractivity contribution >= 4 is 23.5 Å². The van der Waals surface area contributed by atoms with Gasteiger partial charge in [0, 0.05) is 15.8 Å². The predicted octanol–water partition coefficient (Wildman–Crippen LogP) is 5.67. The van der Waals surface area contributed by atoms with E-state index in [0.717, 1.165) is 23.4 Å². The molecule has 0 spiro atoms. The molecular weight excluding hydrogens is 413 g/mol. The zero-order valence-corrected chi connectivity index (χ0v) is 16.9. The molecule has 0 aliphatic rings. The molecule has 1 aromatic heterocycles. The zero-order chi connectivity index (χ0) is 21.6. The second-order valence-electron chi connectivity index (χ2n) is 6.38. The number of thiophene rings is 1. The van der Waals surface area contributed by atoms with Gasteiger partial charge in [-0.15, -0.1) is 11.3 Å². The van der Waals surface area contributed by atoms with Crippen molar-refractivity contribution in [2.45, 2.75) is 26.1 Å². The maximum absolute atomic E-state index is 12.9. The maximum Gasteiger partial charge on any atom is 0.416 e. The molecule has 0 bridgehead atoms. The Morgan fingerprint density at radius 3 is 2.70 bits per heavy atom. The third-order valence-electron chi connectivity index (χ3n) is 4.20. The van der Waals surface area contributed by atoms with Crippen LogP contribution in [0.25, 0.3) is 0 Å². The van der Waals surface area contributed by atoms with Gasteiger partial charge in [0.1, 0.15) is 12.4 Å². The molecule has 0 fully saturated rings. The van der Waals surface area contributed by atoms with Crippen LogP contribution in [0, 0.1) is 0 Å². The molecule has 1 heterocycles. The monoisotopic (exact) mass is 432 g/mol. The summed E-state index contributed by atoms with van der Waals surface area (Å²) in [7, 11) is 0. The fourth-order valence-electron chi connectivity index (χ4n) is 2.63. The van der Waals surface area contributed by atoms with E-state index in [1.807, 2.05) is 13.0 Å². The van der Waals surface area contributed by atoms with Gasteiger partial charge in [0.25, 0.3) is 5.91 Å². The van der Waals surface area contributed by atoms with Crippen molar-refractivity contribution < 1.29 is 22.7 Å². The molecule has 2 aromatic carbocycles. The molecule has 0 unspecified atom stereocenters. The fraction of sp³-hybridized carbons (Fsp3) is 0.182. The maximum atomic E-state index is 12.9. The van der Waals surface area contributed by atoms with Crippen molar-refractivity contribution in [1.82, 2.24) is 5.43 Å². The molecule has 0 atom stereocenters. The van der Waals surface area contributed by atoms with Crippen LogP contribution in [-0.4, -0.2) is 12.1 Å². The lowest BCUT2D eigenvalue weighted by molar-refractivity contribution is -0.137. The number of ether oxygens (including phenoxy) is 1. The number of amides is 1. The fourth-order valence-corrected chi connectivity index (χ4v) is 3.44. The highest BCUT2D eigenvalue weighted by Gasteiger charge is 2.30. The van der Waals surface area contributed by atoms with E-state index in [1.54, 1.807) is 35.7 Å². The number of halogens is 3. The van der Waals surface area contributed by atoms with Gasteiger partial charge in [-0.05, 0) is 42.3 Å². The van der Waals surface area contributed by atoms with Gasteiger partial charge in [-0.1, -0.05) is 31.2 Å². The van der Waals surface area contributed by atoms with E-state index in [-0.39, 0.29) is 12.5 Å². The number of para-hydroxylation sites is 1. The molecule has 0 saturated heterocycles. The summed E-state index contributed by atoms with van der Waals surface area (Å²) >= 11 is 1.51. The highest BCUT2D eigenvalue weighted by molar-refractivity contribution is 7.10. The van der Waals surface area contributed by atoms with Crippen LogP contribution in [0.1, 0.15) is 38.8 Å². The molecule has 0 radical (unpaired) electrons. The average Bonchev–Trinajstić information content (AvgIpc) is 3.22. The van der Waals surface area contributed by atoms with E-state index in [9.17, 15) is 18.0 Å². The molecule has 3 rings (SSSR count). The molecule has 4 nitrogen and oxygen atoms in total. The second kappa shape index (κ2) is 9.58. The Kier molecular flexibility index (Phi) is 6.89. The van der Waals surface area contributed by atoms with E-state index in [1.165, 1.54) is 23.6 Å². The van der Waals surface area contributed by atoms with Gasteiger partial charge in [0.2, 0.25) is 0 Å². The van der Waals surface area contributed by atoms with Crippen LogP contribution in [0.2, 0.25) is 0 Å². The molecule has 30 heavy (non-hydrogen) atoms. The average molecular weight is 432 g/mol. The standard InChI is InChI=1S/C22H19F3N2O2S/c1-2-19-11-17(14-30-19)21(28)27-26-12-16-7-3-4-9-20(16)29-13-15-6-5-8-18(10-15)22(23,24)25/h3-12,14H,2,13H2,1H3,(H,27,28)/b26-12+. The molecule has 1 amide bonds. The van der Waals surface area contributed by atoms with Crippen LogP contribution in [0.5, 0.6) is 5.75 Å². The number of hydrogen-bond acceptors (Lipinski definition) is 4. The van der Waals surface area contributed by atoms with E-state index >= 15 is 0 Å². The highest BCUT2D eigenvalue weighted by Crippen LogP contribution is 2.30. The number of hydrazone groups is 1. The largest absolute Gasteiger partial charge is 0.488 e. The van der Waals surface area contributed by atoms with Gasteiger partial charge in [0.05, 0.1) is 17.3 Å². The van der Waals surface area contributed by atoms with Crippen molar-refractivity contribution in [2.75, 3.05) is 0 Å². The number of benzene rings is 2. The molecule has 8 heteroatoms. The zero-order valence-electron chi connectivity index (χ0n) is 16.1. The third-order valence-corrected chi connectivity index (χ3v) is 5.28. The summed E-state index contributed by atoms with van der Waals surface area (Å²) < 4.78 is 44.2. The van der Waals surface area contributed by atoms with Gasteiger partial charge >= 0.3 is 6.18 Å². The summed E-state index contributed by atoms with van der Waals surface area (Å²) in [6.45, 7) is 1.98. The van der Waals surface area contributed by atoms with Crippen molar-refractivity contribution in [3.05, 3.63) is 87.1 Å². The number of rotatable bonds is 7. The quantitative estimate of drug-likeness (QED) is 0.386.